The van der Waals surface area contributed by atoms with Gasteiger partial charge in [-0.25, -0.2) is 0 Å². The number of anilines is 1. The topological polar surface area (TPSA) is 73.6 Å². The number of nitro groups is 1. The van der Waals surface area contributed by atoms with Crippen molar-refractivity contribution in [3.63, 3.8) is 0 Å². The summed E-state index contributed by atoms with van der Waals surface area (Å²) in [6.45, 7) is 1.14. The average Bonchev–Trinajstić information content (AvgIpc) is 2.29. The molecule has 0 aliphatic carbocycles. The average molecular weight is 226 g/mol. The number of ether oxygens (including phenoxy) is 2. The van der Waals surface area contributed by atoms with Crippen molar-refractivity contribution in [2.75, 3.05) is 32.7 Å². The largest absolute Gasteiger partial charge is 0.490 e. The Morgan fingerprint density at radius 3 is 2.75 bits per heavy atom. The summed E-state index contributed by atoms with van der Waals surface area (Å²) in [6, 6.07) is 4.73. The minimum Gasteiger partial charge on any atom is -0.490 e. The summed E-state index contributed by atoms with van der Waals surface area (Å²) in [7, 11) is 3.00. The van der Waals surface area contributed by atoms with Crippen LogP contribution in [0.4, 0.5) is 11.4 Å². The lowest BCUT2D eigenvalue weighted by Crippen LogP contribution is -2.07. The van der Waals surface area contributed by atoms with Gasteiger partial charge in [-0.05, 0) is 12.1 Å². The maximum absolute atomic E-state index is 10.7. The third-order valence-corrected chi connectivity index (χ3v) is 2.01. The Hall–Kier alpha value is -1.82. The molecular weight excluding hydrogens is 212 g/mol. The highest BCUT2D eigenvalue weighted by Crippen LogP contribution is 2.29. The summed E-state index contributed by atoms with van der Waals surface area (Å²) in [5, 5.41) is 13.7. The molecule has 0 fully saturated rings. The first-order valence-corrected chi connectivity index (χ1v) is 4.74. The van der Waals surface area contributed by atoms with Crippen molar-refractivity contribution in [2.45, 2.75) is 0 Å². The molecule has 0 aliphatic heterocycles. The van der Waals surface area contributed by atoms with Crippen molar-refractivity contribution < 1.29 is 14.4 Å². The number of nitrogens with one attached hydrogen (secondary N) is 1. The summed E-state index contributed by atoms with van der Waals surface area (Å²) < 4.78 is 9.76. The van der Waals surface area contributed by atoms with Gasteiger partial charge in [-0.15, -0.1) is 0 Å². The molecule has 6 heteroatoms. The molecule has 0 amide bonds. The maximum atomic E-state index is 10.7. The van der Waals surface area contributed by atoms with Crippen LogP contribution in [0.1, 0.15) is 0 Å². The van der Waals surface area contributed by atoms with Gasteiger partial charge in [0.2, 0.25) is 0 Å². The van der Waals surface area contributed by atoms with Crippen molar-refractivity contribution in [1.82, 2.24) is 0 Å². The third kappa shape index (κ3) is 3.09. The van der Waals surface area contributed by atoms with Gasteiger partial charge in [0.25, 0.3) is 0 Å². The van der Waals surface area contributed by atoms with Crippen LogP contribution in [-0.4, -0.2) is 32.3 Å². The SMILES string of the molecule is COCCNc1ccc(OC)c([N+](=O)[O-])c1. The van der Waals surface area contributed by atoms with E-state index in [1.807, 2.05) is 0 Å². The molecule has 0 spiro atoms. The molecule has 0 radical (unpaired) electrons. The van der Waals surface area contributed by atoms with E-state index in [-0.39, 0.29) is 11.4 Å². The molecular formula is C10H14N2O4. The number of benzene rings is 1. The molecule has 0 unspecified atom stereocenters. The number of nitro benzene ring substituents is 1. The highest BCUT2D eigenvalue weighted by molar-refractivity contribution is 5.58. The van der Waals surface area contributed by atoms with Crippen LogP contribution in [0.15, 0.2) is 18.2 Å². The van der Waals surface area contributed by atoms with E-state index in [1.165, 1.54) is 13.2 Å². The Bertz CT molecular complexity index is 368. The fourth-order valence-corrected chi connectivity index (χ4v) is 1.24. The smallest absolute Gasteiger partial charge is 0.312 e. The molecule has 0 aromatic heterocycles. The molecule has 1 aromatic rings. The Kier molecular flexibility index (Phi) is 4.53. The van der Waals surface area contributed by atoms with Gasteiger partial charge in [0.15, 0.2) is 5.75 Å². The van der Waals surface area contributed by atoms with Crippen LogP contribution in [0, 0.1) is 10.1 Å². The van der Waals surface area contributed by atoms with E-state index in [2.05, 4.69) is 5.32 Å². The van der Waals surface area contributed by atoms with Gasteiger partial charge in [-0.3, -0.25) is 10.1 Å². The van der Waals surface area contributed by atoms with Crippen molar-refractivity contribution in [3.8, 4) is 5.75 Å². The molecule has 0 atom stereocenters. The Morgan fingerprint density at radius 2 is 2.19 bits per heavy atom. The molecule has 1 aromatic carbocycles. The molecule has 6 nitrogen and oxygen atoms in total. The number of hydrogen-bond acceptors (Lipinski definition) is 5. The normalized spacial score (nSPS) is 9.88. The number of methoxy groups -OCH3 is 2. The summed E-state index contributed by atoms with van der Waals surface area (Å²) in [5.41, 5.74) is 0.620. The molecule has 0 aliphatic rings. The first-order valence-electron chi connectivity index (χ1n) is 4.74. The summed E-state index contributed by atoms with van der Waals surface area (Å²) >= 11 is 0. The zero-order valence-electron chi connectivity index (χ0n) is 9.23. The molecule has 1 rings (SSSR count). The minimum atomic E-state index is -0.472. The Morgan fingerprint density at radius 1 is 1.44 bits per heavy atom. The van der Waals surface area contributed by atoms with E-state index in [1.54, 1.807) is 19.2 Å². The monoisotopic (exact) mass is 226 g/mol. The summed E-state index contributed by atoms with van der Waals surface area (Å²) in [6.07, 6.45) is 0. The van der Waals surface area contributed by atoms with Gasteiger partial charge in [0, 0.05) is 25.4 Å². The van der Waals surface area contributed by atoms with E-state index in [0.29, 0.717) is 18.8 Å². The fourth-order valence-electron chi connectivity index (χ4n) is 1.24. The van der Waals surface area contributed by atoms with Crippen LogP contribution in [0.3, 0.4) is 0 Å². The Balaban J connectivity index is 2.81. The number of hydrogen-bond donors (Lipinski definition) is 1. The van der Waals surface area contributed by atoms with E-state index >= 15 is 0 Å². The molecule has 16 heavy (non-hydrogen) atoms. The van der Waals surface area contributed by atoms with Crippen LogP contribution in [0.25, 0.3) is 0 Å². The minimum absolute atomic E-state index is 0.0510. The van der Waals surface area contributed by atoms with Gasteiger partial charge in [0.05, 0.1) is 18.6 Å². The lowest BCUT2D eigenvalue weighted by molar-refractivity contribution is -0.385. The summed E-state index contributed by atoms with van der Waals surface area (Å²) in [4.78, 5) is 10.3. The van der Waals surface area contributed by atoms with Crippen LogP contribution >= 0.6 is 0 Å². The predicted molar refractivity (Wildman–Crippen MR) is 60.0 cm³/mol. The van der Waals surface area contributed by atoms with Crippen molar-refractivity contribution >= 4 is 11.4 Å². The fraction of sp³-hybridized carbons (Fsp3) is 0.400. The molecule has 0 bridgehead atoms. The standard InChI is InChI=1S/C10H14N2O4/c1-15-6-5-11-8-3-4-10(16-2)9(7-8)12(13)14/h3-4,7,11H,5-6H2,1-2H3. The van der Waals surface area contributed by atoms with E-state index in [4.69, 9.17) is 9.47 Å². The first kappa shape index (κ1) is 12.3. The second kappa shape index (κ2) is 5.92. The molecule has 88 valence electrons. The zero-order valence-corrected chi connectivity index (χ0v) is 9.23. The zero-order chi connectivity index (χ0) is 12.0. The number of nitrogens with zero attached hydrogens (tertiary/aromatic N) is 1. The van der Waals surface area contributed by atoms with Crippen LogP contribution in [0.5, 0.6) is 5.75 Å². The first-order chi connectivity index (χ1) is 7.69. The predicted octanol–water partition coefficient (Wildman–Crippen LogP) is 1.66. The van der Waals surface area contributed by atoms with Gasteiger partial charge < -0.3 is 14.8 Å². The Labute approximate surface area is 93.3 Å². The van der Waals surface area contributed by atoms with Crippen LogP contribution in [-0.2, 0) is 4.74 Å². The summed E-state index contributed by atoms with van der Waals surface area (Å²) in [5.74, 6) is 0.252. The molecule has 0 heterocycles. The van der Waals surface area contributed by atoms with Gasteiger partial charge in [-0.1, -0.05) is 0 Å². The van der Waals surface area contributed by atoms with E-state index < -0.39 is 4.92 Å². The van der Waals surface area contributed by atoms with Crippen molar-refractivity contribution in [2.24, 2.45) is 0 Å². The van der Waals surface area contributed by atoms with Crippen molar-refractivity contribution in [1.29, 1.82) is 0 Å². The lowest BCUT2D eigenvalue weighted by atomic mass is 10.2. The highest BCUT2D eigenvalue weighted by Gasteiger charge is 2.14. The third-order valence-electron chi connectivity index (χ3n) is 2.01. The van der Waals surface area contributed by atoms with E-state index in [9.17, 15) is 10.1 Å². The van der Waals surface area contributed by atoms with Gasteiger partial charge in [-0.2, -0.15) is 0 Å². The molecule has 0 saturated heterocycles. The highest BCUT2D eigenvalue weighted by atomic mass is 16.6. The van der Waals surface area contributed by atoms with Gasteiger partial charge >= 0.3 is 5.69 Å². The molecule has 1 N–H and O–H groups in total. The van der Waals surface area contributed by atoms with Crippen molar-refractivity contribution in [3.05, 3.63) is 28.3 Å². The van der Waals surface area contributed by atoms with Gasteiger partial charge in [0.1, 0.15) is 0 Å². The lowest BCUT2D eigenvalue weighted by Gasteiger charge is -2.07. The van der Waals surface area contributed by atoms with E-state index in [0.717, 1.165) is 0 Å². The second-order valence-corrected chi connectivity index (χ2v) is 3.06. The van der Waals surface area contributed by atoms with Crippen LogP contribution in [0.2, 0.25) is 0 Å². The quantitative estimate of drug-likeness (QED) is 0.453. The number of rotatable bonds is 6. The maximum Gasteiger partial charge on any atom is 0.312 e. The second-order valence-electron chi connectivity index (χ2n) is 3.06. The molecule has 0 saturated carbocycles. The van der Waals surface area contributed by atoms with Crippen LogP contribution < -0.4 is 10.1 Å².